The minimum Gasteiger partial charge on any atom is -0.321 e. The number of rotatable bonds is 3. The van der Waals surface area contributed by atoms with E-state index in [1.54, 1.807) is 30.3 Å². The van der Waals surface area contributed by atoms with Crippen molar-refractivity contribution in [2.75, 3.05) is 5.32 Å². The second-order valence-corrected chi connectivity index (χ2v) is 4.41. The van der Waals surface area contributed by atoms with E-state index in [1.807, 2.05) is 25.1 Å². The number of anilines is 1. The van der Waals surface area contributed by atoms with Gasteiger partial charge in [-0.05, 0) is 36.2 Å². The molecule has 2 rings (SSSR count). The van der Waals surface area contributed by atoms with E-state index in [2.05, 4.69) is 18.0 Å². The minimum atomic E-state index is -0.249. The van der Waals surface area contributed by atoms with Gasteiger partial charge >= 0.3 is 0 Å². The van der Waals surface area contributed by atoms with E-state index in [-0.39, 0.29) is 5.91 Å². The van der Waals surface area contributed by atoms with Crippen molar-refractivity contribution < 1.29 is 4.79 Å². The number of nitriles is 1. The van der Waals surface area contributed by atoms with Crippen LogP contribution in [-0.2, 0) is 0 Å². The van der Waals surface area contributed by atoms with Crippen LogP contribution in [0.2, 0.25) is 0 Å². The van der Waals surface area contributed by atoms with Crippen LogP contribution in [0, 0.1) is 18.3 Å². The summed E-state index contributed by atoms with van der Waals surface area (Å²) in [7, 11) is 0. The van der Waals surface area contributed by atoms with E-state index in [0.717, 1.165) is 11.1 Å². The van der Waals surface area contributed by atoms with Crippen LogP contribution < -0.4 is 5.32 Å². The second-order valence-electron chi connectivity index (χ2n) is 4.41. The first-order valence-electron chi connectivity index (χ1n) is 6.19. The molecule has 1 amide bonds. The number of benzene rings is 2. The zero-order valence-corrected chi connectivity index (χ0v) is 11.2. The number of carbonyl (C=O) groups is 1. The van der Waals surface area contributed by atoms with Crippen molar-refractivity contribution in [1.29, 1.82) is 5.26 Å². The van der Waals surface area contributed by atoms with Crippen molar-refractivity contribution in [3.05, 3.63) is 71.3 Å². The molecular formula is C17H14N2O. The molecule has 0 unspecified atom stereocenters. The number of nitrogens with one attached hydrogen (secondary N) is 1. The molecule has 0 aromatic heterocycles. The Bertz CT molecular complexity index is 711. The van der Waals surface area contributed by atoms with E-state index in [1.165, 1.54) is 0 Å². The average molecular weight is 262 g/mol. The number of hydrogen-bond donors (Lipinski definition) is 1. The molecule has 2 aromatic carbocycles. The summed E-state index contributed by atoms with van der Waals surface area (Å²) in [4.78, 5) is 12.3. The summed E-state index contributed by atoms with van der Waals surface area (Å²) in [5.74, 6) is -0.249. The number of carbonyl (C=O) groups excluding carboxylic acids is 1. The van der Waals surface area contributed by atoms with Crippen LogP contribution in [0.3, 0.4) is 0 Å². The van der Waals surface area contributed by atoms with Gasteiger partial charge in [0.2, 0.25) is 0 Å². The zero-order chi connectivity index (χ0) is 14.5. The maximum atomic E-state index is 12.3. The van der Waals surface area contributed by atoms with Gasteiger partial charge in [0, 0.05) is 5.56 Å². The summed E-state index contributed by atoms with van der Waals surface area (Å²) in [5, 5.41) is 11.9. The molecule has 0 heterocycles. The molecule has 0 spiro atoms. The van der Waals surface area contributed by atoms with Gasteiger partial charge in [0.25, 0.3) is 5.91 Å². The number of aryl methyl sites for hydroxylation is 1. The SMILES string of the molecule is C=Cc1ccccc1C(=O)Nc1ccc(C)cc1C#N. The Morgan fingerprint density at radius 2 is 2.05 bits per heavy atom. The highest BCUT2D eigenvalue weighted by Crippen LogP contribution is 2.18. The smallest absolute Gasteiger partial charge is 0.256 e. The minimum absolute atomic E-state index is 0.249. The Hall–Kier alpha value is -2.86. The van der Waals surface area contributed by atoms with Gasteiger partial charge < -0.3 is 5.32 Å². The highest BCUT2D eigenvalue weighted by molar-refractivity contribution is 6.07. The van der Waals surface area contributed by atoms with Crippen LogP contribution >= 0.6 is 0 Å². The predicted molar refractivity (Wildman–Crippen MR) is 80.4 cm³/mol. The van der Waals surface area contributed by atoms with Crippen molar-refractivity contribution in [3.63, 3.8) is 0 Å². The molecule has 3 heteroatoms. The number of hydrogen-bond acceptors (Lipinski definition) is 2. The molecule has 1 N–H and O–H groups in total. The fraction of sp³-hybridized carbons (Fsp3) is 0.0588. The molecule has 0 saturated carbocycles. The lowest BCUT2D eigenvalue weighted by Gasteiger charge is -2.09. The van der Waals surface area contributed by atoms with Crippen LogP contribution in [0.1, 0.15) is 27.0 Å². The van der Waals surface area contributed by atoms with Gasteiger partial charge in [-0.1, -0.05) is 36.9 Å². The van der Waals surface area contributed by atoms with Crippen LogP contribution in [0.4, 0.5) is 5.69 Å². The van der Waals surface area contributed by atoms with Gasteiger partial charge in [0.05, 0.1) is 11.3 Å². The average Bonchev–Trinajstić information content (AvgIpc) is 2.48. The summed E-state index contributed by atoms with van der Waals surface area (Å²) in [6.07, 6.45) is 1.63. The molecule has 0 aliphatic heterocycles. The lowest BCUT2D eigenvalue weighted by atomic mass is 10.1. The fourth-order valence-corrected chi connectivity index (χ4v) is 1.93. The quantitative estimate of drug-likeness (QED) is 0.915. The lowest BCUT2D eigenvalue weighted by Crippen LogP contribution is -2.14. The highest BCUT2D eigenvalue weighted by atomic mass is 16.1. The molecule has 0 fully saturated rings. The standard InChI is InChI=1S/C17H14N2O/c1-3-13-6-4-5-7-15(13)17(20)19-16-9-8-12(2)10-14(16)11-18/h3-10H,1H2,2H3,(H,19,20). The number of amides is 1. The van der Waals surface area contributed by atoms with Crippen molar-refractivity contribution in [3.8, 4) is 6.07 Å². The van der Waals surface area contributed by atoms with Crippen LogP contribution in [0.25, 0.3) is 6.08 Å². The van der Waals surface area contributed by atoms with Crippen LogP contribution in [0.15, 0.2) is 49.0 Å². The van der Waals surface area contributed by atoms with Crippen molar-refractivity contribution in [2.24, 2.45) is 0 Å². The van der Waals surface area contributed by atoms with Gasteiger partial charge in [-0.25, -0.2) is 0 Å². The molecule has 3 nitrogen and oxygen atoms in total. The molecule has 2 aromatic rings. The Morgan fingerprint density at radius 3 is 2.75 bits per heavy atom. The third-order valence-corrected chi connectivity index (χ3v) is 2.97. The fourth-order valence-electron chi connectivity index (χ4n) is 1.93. The van der Waals surface area contributed by atoms with Gasteiger partial charge in [-0.2, -0.15) is 5.26 Å². The van der Waals surface area contributed by atoms with E-state index in [9.17, 15) is 4.79 Å². The van der Waals surface area contributed by atoms with Gasteiger partial charge in [0.1, 0.15) is 6.07 Å². The maximum absolute atomic E-state index is 12.3. The molecule has 0 saturated heterocycles. The molecule has 0 bridgehead atoms. The van der Waals surface area contributed by atoms with Crippen molar-refractivity contribution >= 4 is 17.7 Å². The normalized spacial score (nSPS) is 9.60. The largest absolute Gasteiger partial charge is 0.321 e. The predicted octanol–water partition coefficient (Wildman–Crippen LogP) is 3.76. The molecule has 20 heavy (non-hydrogen) atoms. The summed E-state index contributed by atoms with van der Waals surface area (Å²) < 4.78 is 0. The van der Waals surface area contributed by atoms with E-state index >= 15 is 0 Å². The zero-order valence-electron chi connectivity index (χ0n) is 11.2. The first-order valence-corrected chi connectivity index (χ1v) is 6.19. The van der Waals surface area contributed by atoms with Crippen LogP contribution in [0.5, 0.6) is 0 Å². The molecule has 0 aliphatic carbocycles. The van der Waals surface area contributed by atoms with E-state index in [0.29, 0.717) is 16.8 Å². The summed E-state index contributed by atoms with van der Waals surface area (Å²) >= 11 is 0. The van der Waals surface area contributed by atoms with E-state index in [4.69, 9.17) is 5.26 Å². The summed E-state index contributed by atoms with van der Waals surface area (Å²) in [6.45, 7) is 5.60. The Morgan fingerprint density at radius 1 is 1.30 bits per heavy atom. The van der Waals surface area contributed by atoms with Gasteiger partial charge in [0.15, 0.2) is 0 Å². The third kappa shape index (κ3) is 2.76. The van der Waals surface area contributed by atoms with Crippen molar-refractivity contribution in [2.45, 2.75) is 6.92 Å². The molecule has 0 radical (unpaired) electrons. The molecule has 98 valence electrons. The van der Waals surface area contributed by atoms with E-state index < -0.39 is 0 Å². The highest BCUT2D eigenvalue weighted by Gasteiger charge is 2.11. The monoisotopic (exact) mass is 262 g/mol. The first kappa shape index (κ1) is 13.6. The second kappa shape index (κ2) is 5.85. The lowest BCUT2D eigenvalue weighted by molar-refractivity contribution is 0.102. The topological polar surface area (TPSA) is 52.9 Å². The number of nitrogens with zero attached hydrogens (tertiary/aromatic N) is 1. The third-order valence-electron chi connectivity index (χ3n) is 2.97. The molecule has 0 atom stereocenters. The Kier molecular flexibility index (Phi) is 3.97. The Balaban J connectivity index is 2.33. The maximum Gasteiger partial charge on any atom is 0.256 e. The van der Waals surface area contributed by atoms with Gasteiger partial charge in [-0.3, -0.25) is 4.79 Å². The van der Waals surface area contributed by atoms with Crippen molar-refractivity contribution in [1.82, 2.24) is 0 Å². The summed E-state index contributed by atoms with van der Waals surface area (Å²) in [5.41, 5.74) is 3.24. The van der Waals surface area contributed by atoms with Crippen LogP contribution in [-0.4, -0.2) is 5.91 Å². The molecular weight excluding hydrogens is 248 g/mol. The summed E-state index contributed by atoms with van der Waals surface area (Å²) in [6, 6.07) is 14.6. The van der Waals surface area contributed by atoms with Gasteiger partial charge in [-0.15, -0.1) is 0 Å². The first-order chi connectivity index (χ1) is 9.65. The Labute approximate surface area is 118 Å². The molecule has 0 aliphatic rings.